The van der Waals surface area contributed by atoms with Gasteiger partial charge in [-0.1, -0.05) is 12.1 Å². The van der Waals surface area contributed by atoms with Crippen LogP contribution in [0.5, 0.6) is 0 Å². The first-order valence-corrected chi connectivity index (χ1v) is 8.89. The third-order valence-corrected chi connectivity index (χ3v) is 5.24. The minimum atomic E-state index is -0.273. The van der Waals surface area contributed by atoms with Crippen molar-refractivity contribution in [3.63, 3.8) is 0 Å². The first-order valence-electron chi connectivity index (χ1n) is 8.89. The van der Waals surface area contributed by atoms with Crippen molar-refractivity contribution in [1.82, 2.24) is 19.6 Å². The molecule has 2 fully saturated rings. The minimum Gasteiger partial charge on any atom is -0.441 e. The standard InChI is InChI=1S/C19H24N4O2/c1-21-15-19(25-18(21)24)8-2-11-22(13-9-19)14-16-4-6-17(7-5-16)23-12-3-10-20-23/h3-7,10,12H,2,8-9,11,13-15H2,1H3/t19-/m1/s1. The van der Waals surface area contributed by atoms with Gasteiger partial charge in [-0.2, -0.15) is 5.10 Å². The van der Waals surface area contributed by atoms with Crippen molar-refractivity contribution >= 4 is 6.09 Å². The Bertz CT molecular complexity index is 728. The number of nitrogens with zero attached hydrogens (tertiary/aromatic N) is 4. The minimum absolute atomic E-state index is 0.178. The summed E-state index contributed by atoms with van der Waals surface area (Å²) in [4.78, 5) is 15.9. The quantitative estimate of drug-likeness (QED) is 0.862. The molecule has 4 rings (SSSR count). The van der Waals surface area contributed by atoms with Crippen molar-refractivity contribution < 1.29 is 9.53 Å². The molecule has 1 aromatic carbocycles. The molecule has 0 aliphatic carbocycles. The number of carbonyl (C=O) groups excluding carboxylic acids is 1. The highest BCUT2D eigenvalue weighted by Gasteiger charge is 2.44. The Labute approximate surface area is 148 Å². The van der Waals surface area contributed by atoms with E-state index in [1.807, 2.05) is 24.0 Å². The van der Waals surface area contributed by atoms with E-state index in [1.165, 1.54) is 5.56 Å². The van der Waals surface area contributed by atoms with Crippen LogP contribution in [0.15, 0.2) is 42.7 Å². The third kappa shape index (κ3) is 3.39. The highest BCUT2D eigenvalue weighted by atomic mass is 16.6. The summed E-state index contributed by atoms with van der Waals surface area (Å²) >= 11 is 0. The number of amides is 1. The van der Waals surface area contributed by atoms with Gasteiger partial charge in [-0.25, -0.2) is 9.48 Å². The van der Waals surface area contributed by atoms with Crippen molar-refractivity contribution in [1.29, 1.82) is 0 Å². The molecule has 0 radical (unpaired) electrons. The zero-order valence-electron chi connectivity index (χ0n) is 14.6. The lowest BCUT2D eigenvalue weighted by atomic mass is 9.95. The van der Waals surface area contributed by atoms with E-state index in [0.29, 0.717) is 0 Å². The first-order chi connectivity index (χ1) is 12.1. The summed E-state index contributed by atoms with van der Waals surface area (Å²) in [5.41, 5.74) is 2.10. The molecule has 2 aromatic rings. The van der Waals surface area contributed by atoms with Crippen LogP contribution in [0.4, 0.5) is 4.79 Å². The summed E-state index contributed by atoms with van der Waals surface area (Å²) in [5.74, 6) is 0. The van der Waals surface area contributed by atoms with Gasteiger partial charge < -0.3 is 9.64 Å². The topological polar surface area (TPSA) is 50.6 Å². The van der Waals surface area contributed by atoms with Crippen molar-refractivity contribution in [3.05, 3.63) is 48.3 Å². The number of likely N-dealkylation sites (tertiary alicyclic amines) is 1. The Morgan fingerprint density at radius 2 is 2.04 bits per heavy atom. The predicted molar refractivity (Wildman–Crippen MR) is 94.5 cm³/mol. The number of carbonyl (C=O) groups is 1. The van der Waals surface area contributed by atoms with Gasteiger partial charge in [0.05, 0.1) is 12.2 Å². The number of benzene rings is 1. The molecule has 0 unspecified atom stereocenters. The number of likely N-dealkylation sites (N-methyl/N-ethyl adjacent to an activating group) is 1. The Hall–Kier alpha value is -2.34. The van der Waals surface area contributed by atoms with Crippen LogP contribution in [0.2, 0.25) is 0 Å². The van der Waals surface area contributed by atoms with Crippen LogP contribution < -0.4 is 0 Å². The number of hydrogen-bond acceptors (Lipinski definition) is 4. The van der Waals surface area contributed by atoms with Crippen LogP contribution in [-0.4, -0.2) is 58.0 Å². The number of aromatic nitrogens is 2. The van der Waals surface area contributed by atoms with E-state index < -0.39 is 0 Å². The summed E-state index contributed by atoms with van der Waals surface area (Å²) in [5, 5.41) is 4.26. The fourth-order valence-corrected chi connectivity index (χ4v) is 3.87. The molecule has 1 atom stereocenters. The average molecular weight is 340 g/mol. The summed E-state index contributed by atoms with van der Waals surface area (Å²) < 4.78 is 7.55. The van der Waals surface area contributed by atoms with E-state index in [9.17, 15) is 4.79 Å². The molecular formula is C19H24N4O2. The summed E-state index contributed by atoms with van der Waals surface area (Å²) in [7, 11) is 1.82. The summed E-state index contributed by atoms with van der Waals surface area (Å²) in [6.07, 6.45) is 6.48. The van der Waals surface area contributed by atoms with Crippen molar-refractivity contribution in [2.24, 2.45) is 0 Å². The zero-order chi connectivity index (χ0) is 17.3. The second-order valence-electron chi connectivity index (χ2n) is 7.15. The lowest BCUT2D eigenvalue weighted by Crippen LogP contribution is -2.35. The van der Waals surface area contributed by atoms with Crippen molar-refractivity contribution in [2.45, 2.75) is 31.4 Å². The van der Waals surface area contributed by atoms with Gasteiger partial charge in [-0.05, 0) is 43.1 Å². The number of rotatable bonds is 3. The highest BCUT2D eigenvalue weighted by Crippen LogP contribution is 2.32. The van der Waals surface area contributed by atoms with E-state index in [0.717, 1.165) is 51.1 Å². The molecule has 2 aliphatic rings. The van der Waals surface area contributed by atoms with Crippen LogP contribution in [0.3, 0.4) is 0 Å². The highest BCUT2D eigenvalue weighted by molar-refractivity contribution is 5.70. The fraction of sp³-hybridized carbons (Fsp3) is 0.474. The van der Waals surface area contributed by atoms with Crippen molar-refractivity contribution in [3.8, 4) is 5.69 Å². The maximum Gasteiger partial charge on any atom is 0.410 e. The van der Waals surface area contributed by atoms with Gasteiger partial charge in [0.25, 0.3) is 0 Å². The van der Waals surface area contributed by atoms with E-state index in [4.69, 9.17) is 4.74 Å². The maximum atomic E-state index is 11.7. The van der Waals surface area contributed by atoms with Gasteiger partial charge in [0.1, 0.15) is 5.60 Å². The van der Waals surface area contributed by atoms with Gasteiger partial charge in [0.15, 0.2) is 0 Å². The molecule has 2 saturated heterocycles. The van der Waals surface area contributed by atoms with Crippen LogP contribution in [0, 0.1) is 0 Å². The molecular weight excluding hydrogens is 316 g/mol. The monoisotopic (exact) mass is 340 g/mol. The van der Waals surface area contributed by atoms with Gasteiger partial charge in [-0.15, -0.1) is 0 Å². The molecule has 3 heterocycles. The molecule has 1 amide bonds. The normalized spacial score (nSPS) is 24.5. The van der Waals surface area contributed by atoms with E-state index in [-0.39, 0.29) is 11.7 Å². The maximum absolute atomic E-state index is 11.7. The Kier molecular flexibility index (Phi) is 4.21. The molecule has 6 heteroatoms. The summed E-state index contributed by atoms with van der Waals surface area (Å²) in [6, 6.07) is 10.5. The molecule has 0 bridgehead atoms. The molecule has 2 aliphatic heterocycles. The van der Waals surface area contributed by atoms with Gasteiger partial charge in [-0.3, -0.25) is 4.90 Å². The van der Waals surface area contributed by atoms with Crippen LogP contribution in [-0.2, 0) is 11.3 Å². The van der Waals surface area contributed by atoms with Crippen LogP contribution >= 0.6 is 0 Å². The van der Waals surface area contributed by atoms with Crippen LogP contribution in [0.25, 0.3) is 5.69 Å². The summed E-state index contributed by atoms with van der Waals surface area (Å²) in [6.45, 7) is 3.66. The smallest absolute Gasteiger partial charge is 0.410 e. The lowest BCUT2D eigenvalue weighted by molar-refractivity contribution is 0.0443. The van der Waals surface area contributed by atoms with Gasteiger partial charge in [0.2, 0.25) is 0 Å². The van der Waals surface area contributed by atoms with Gasteiger partial charge >= 0.3 is 6.09 Å². The number of ether oxygens (including phenoxy) is 1. The SMILES string of the molecule is CN1C[C@]2(CCCN(Cc3ccc(-n4cccn4)cc3)CC2)OC1=O. The fourth-order valence-electron chi connectivity index (χ4n) is 3.87. The predicted octanol–water partition coefficient (Wildman–Crippen LogP) is 2.68. The zero-order valence-corrected chi connectivity index (χ0v) is 14.6. The Morgan fingerprint density at radius 3 is 2.72 bits per heavy atom. The second-order valence-corrected chi connectivity index (χ2v) is 7.15. The van der Waals surface area contributed by atoms with Gasteiger partial charge in [0, 0.05) is 39.0 Å². The lowest BCUT2D eigenvalue weighted by Gasteiger charge is -2.25. The Morgan fingerprint density at radius 1 is 1.20 bits per heavy atom. The molecule has 132 valence electrons. The van der Waals surface area contributed by atoms with E-state index in [2.05, 4.69) is 34.3 Å². The second kappa shape index (κ2) is 6.52. The Balaban J connectivity index is 1.38. The molecule has 1 aromatic heterocycles. The average Bonchev–Trinajstić information content (AvgIpc) is 3.18. The largest absolute Gasteiger partial charge is 0.441 e. The van der Waals surface area contributed by atoms with E-state index >= 15 is 0 Å². The molecule has 6 nitrogen and oxygen atoms in total. The van der Waals surface area contributed by atoms with E-state index in [1.54, 1.807) is 11.1 Å². The number of hydrogen-bond donors (Lipinski definition) is 0. The molecule has 0 N–H and O–H groups in total. The third-order valence-electron chi connectivity index (χ3n) is 5.24. The molecule has 25 heavy (non-hydrogen) atoms. The first kappa shape index (κ1) is 16.1. The molecule has 1 spiro atoms. The van der Waals surface area contributed by atoms with Crippen molar-refractivity contribution in [2.75, 3.05) is 26.7 Å². The molecule has 0 saturated carbocycles. The van der Waals surface area contributed by atoms with Crippen LogP contribution in [0.1, 0.15) is 24.8 Å².